The van der Waals surface area contributed by atoms with Gasteiger partial charge in [-0.05, 0) is 45.4 Å². The lowest BCUT2D eigenvalue weighted by molar-refractivity contribution is 0.0376. The predicted molar refractivity (Wildman–Crippen MR) is 141 cm³/mol. The molecule has 2 aromatic heterocycles. The second-order valence-corrected chi connectivity index (χ2v) is 9.60. The molecule has 1 amide bonds. The van der Waals surface area contributed by atoms with Gasteiger partial charge >= 0.3 is 0 Å². The number of morpholine rings is 1. The lowest BCUT2D eigenvalue weighted by Gasteiger charge is -2.27. The van der Waals surface area contributed by atoms with Crippen molar-refractivity contribution in [1.82, 2.24) is 19.7 Å². The number of carbonyl (C=O) groups excluding carboxylic acids is 1. The lowest BCUT2D eigenvalue weighted by atomic mass is 10.3. The van der Waals surface area contributed by atoms with E-state index in [0.717, 1.165) is 49.7 Å². The zero-order chi connectivity index (χ0) is 24.2. The molecule has 0 N–H and O–H groups in total. The summed E-state index contributed by atoms with van der Waals surface area (Å²) in [4.78, 5) is 22.7. The maximum Gasteiger partial charge on any atom is 0.280 e. The maximum absolute atomic E-state index is 13.7. The van der Waals surface area contributed by atoms with Crippen molar-refractivity contribution in [3.05, 3.63) is 29.6 Å². The van der Waals surface area contributed by atoms with Gasteiger partial charge in [0.1, 0.15) is 21.7 Å². The van der Waals surface area contributed by atoms with Gasteiger partial charge in [0.2, 0.25) is 0 Å². The number of methoxy groups -OCH3 is 2. The monoisotopic (exact) mass is 523 g/mol. The molecular weight excluding hydrogens is 490 g/mol. The minimum Gasteiger partial charge on any atom is -0.495 e. The fourth-order valence-corrected chi connectivity index (χ4v) is 5.30. The summed E-state index contributed by atoms with van der Waals surface area (Å²) >= 11 is 1.43. The molecule has 0 aliphatic carbocycles. The molecule has 1 saturated heterocycles. The normalized spacial score (nSPS) is 14.2. The van der Waals surface area contributed by atoms with Gasteiger partial charge in [-0.25, -0.2) is 4.98 Å². The summed E-state index contributed by atoms with van der Waals surface area (Å²) in [5.74, 6) is 1.21. The Morgan fingerprint density at radius 3 is 2.51 bits per heavy atom. The van der Waals surface area contributed by atoms with E-state index in [1.165, 1.54) is 11.3 Å². The Morgan fingerprint density at radius 2 is 1.89 bits per heavy atom. The molecule has 11 heteroatoms. The standard InChI is InChI=1S/C24H33N5O4S.ClH/c1-16(2)29-17(3)15-18(26-29)23(30)28(10-6-9-27-11-13-33-14-12-27)24-25-21-19(31-4)7-8-20(32-5)22(21)34-24;/h7-8,15-16H,6,9-14H2,1-5H3;1H. The highest BCUT2D eigenvalue weighted by atomic mass is 35.5. The number of aromatic nitrogens is 3. The first-order valence-corrected chi connectivity index (χ1v) is 12.4. The number of hydrogen-bond acceptors (Lipinski definition) is 8. The van der Waals surface area contributed by atoms with Crippen molar-refractivity contribution in [2.75, 3.05) is 58.5 Å². The predicted octanol–water partition coefficient (Wildman–Crippen LogP) is 4.19. The molecule has 1 aliphatic heterocycles. The van der Waals surface area contributed by atoms with Gasteiger partial charge in [-0.2, -0.15) is 5.10 Å². The van der Waals surface area contributed by atoms with Crippen molar-refractivity contribution in [2.24, 2.45) is 0 Å². The van der Waals surface area contributed by atoms with Crippen LogP contribution in [0.5, 0.6) is 11.5 Å². The number of aryl methyl sites for hydroxylation is 1. The van der Waals surface area contributed by atoms with Gasteiger partial charge < -0.3 is 14.2 Å². The van der Waals surface area contributed by atoms with Gasteiger partial charge in [-0.3, -0.25) is 19.3 Å². The van der Waals surface area contributed by atoms with Crippen LogP contribution in [0.2, 0.25) is 0 Å². The molecule has 0 spiro atoms. The van der Waals surface area contributed by atoms with Crippen LogP contribution in [0.1, 0.15) is 42.5 Å². The van der Waals surface area contributed by atoms with Crippen LogP contribution in [0, 0.1) is 6.92 Å². The van der Waals surface area contributed by atoms with Gasteiger partial charge in [0.15, 0.2) is 10.8 Å². The van der Waals surface area contributed by atoms with Gasteiger partial charge in [0.25, 0.3) is 5.91 Å². The Hall–Kier alpha value is -2.40. The van der Waals surface area contributed by atoms with Crippen LogP contribution in [0.25, 0.3) is 10.2 Å². The third kappa shape index (κ3) is 5.88. The lowest BCUT2D eigenvalue weighted by Crippen LogP contribution is -2.39. The van der Waals surface area contributed by atoms with Crippen molar-refractivity contribution in [3.8, 4) is 11.5 Å². The average molecular weight is 524 g/mol. The van der Waals surface area contributed by atoms with Crippen molar-refractivity contribution >= 4 is 45.0 Å². The number of nitrogens with zero attached hydrogens (tertiary/aromatic N) is 5. The molecule has 9 nitrogen and oxygen atoms in total. The summed E-state index contributed by atoms with van der Waals surface area (Å²) in [6.07, 6.45) is 0.819. The second-order valence-electron chi connectivity index (χ2n) is 8.62. The minimum atomic E-state index is -0.151. The van der Waals surface area contributed by atoms with E-state index in [0.29, 0.717) is 34.4 Å². The second kappa shape index (κ2) is 12.0. The van der Waals surface area contributed by atoms with Crippen LogP contribution in [-0.2, 0) is 4.74 Å². The van der Waals surface area contributed by atoms with Gasteiger partial charge in [-0.1, -0.05) is 11.3 Å². The molecule has 1 fully saturated rings. The van der Waals surface area contributed by atoms with Crippen LogP contribution in [0.3, 0.4) is 0 Å². The number of ether oxygens (including phenoxy) is 3. The summed E-state index contributed by atoms with van der Waals surface area (Å²) in [5, 5.41) is 5.21. The fraction of sp³-hybridized carbons (Fsp3) is 0.542. The fourth-order valence-electron chi connectivity index (χ4n) is 4.20. The molecular formula is C24H34ClN5O4S. The summed E-state index contributed by atoms with van der Waals surface area (Å²) in [6, 6.07) is 5.73. The highest BCUT2D eigenvalue weighted by molar-refractivity contribution is 7.22. The number of halogens is 1. The van der Waals surface area contributed by atoms with Crippen molar-refractivity contribution in [3.63, 3.8) is 0 Å². The zero-order valence-electron chi connectivity index (χ0n) is 20.9. The van der Waals surface area contributed by atoms with Crippen LogP contribution in [0.4, 0.5) is 5.13 Å². The minimum absolute atomic E-state index is 0. The van der Waals surface area contributed by atoms with Crippen LogP contribution in [-0.4, -0.2) is 79.2 Å². The topological polar surface area (TPSA) is 82.0 Å². The number of benzene rings is 1. The third-order valence-corrected chi connectivity index (χ3v) is 7.06. The molecule has 3 heterocycles. The molecule has 1 aliphatic rings. The number of hydrogen-bond donors (Lipinski definition) is 0. The van der Waals surface area contributed by atoms with Gasteiger partial charge in [0, 0.05) is 37.9 Å². The van der Waals surface area contributed by atoms with Crippen molar-refractivity contribution in [1.29, 1.82) is 0 Å². The van der Waals surface area contributed by atoms with Crippen LogP contribution >= 0.6 is 23.7 Å². The van der Waals surface area contributed by atoms with Crippen LogP contribution in [0.15, 0.2) is 18.2 Å². The summed E-state index contributed by atoms with van der Waals surface area (Å²) in [6.45, 7) is 10.9. The number of rotatable bonds is 9. The number of anilines is 1. The van der Waals surface area contributed by atoms with Crippen LogP contribution < -0.4 is 14.4 Å². The Balaban J connectivity index is 0.00000342. The summed E-state index contributed by atoms with van der Waals surface area (Å²) in [7, 11) is 3.25. The largest absolute Gasteiger partial charge is 0.495 e. The quantitative estimate of drug-likeness (QED) is 0.416. The maximum atomic E-state index is 13.7. The molecule has 0 saturated carbocycles. The first-order valence-electron chi connectivity index (χ1n) is 11.6. The molecule has 3 aromatic rings. The van der Waals surface area contributed by atoms with E-state index in [1.54, 1.807) is 19.1 Å². The molecule has 35 heavy (non-hydrogen) atoms. The number of thiazole rings is 1. The zero-order valence-corrected chi connectivity index (χ0v) is 22.6. The average Bonchev–Trinajstić information content (AvgIpc) is 3.45. The van der Waals surface area contributed by atoms with Crippen molar-refractivity contribution in [2.45, 2.75) is 33.2 Å². The van der Waals surface area contributed by atoms with Gasteiger partial charge in [0.05, 0.1) is 27.4 Å². The van der Waals surface area contributed by atoms with E-state index < -0.39 is 0 Å². The molecule has 0 unspecified atom stereocenters. The molecule has 192 valence electrons. The first kappa shape index (κ1) is 27.2. The molecule has 4 rings (SSSR count). The highest BCUT2D eigenvalue weighted by Crippen LogP contribution is 2.40. The summed E-state index contributed by atoms with van der Waals surface area (Å²) in [5.41, 5.74) is 2.08. The summed E-state index contributed by atoms with van der Waals surface area (Å²) < 4.78 is 19.3. The number of carbonyl (C=O) groups is 1. The van der Waals surface area contributed by atoms with E-state index in [9.17, 15) is 4.79 Å². The number of amides is 1. The first-order chi connectivity index (χ1) is 16.4. The molecule has 0 atom stereocenters. The van der Waals surface area contributed by atoms with E-state index in [-0.39, 0.29) is 24.4 Å². The third-order valence-electron chi connectivity index (χ3n) is 5.97. The molecule has 1 aromatic carbocycles. The smallest absolute Gasteiger partial charge is 0.280 e. The SMILES string of the molecule is COc1ccc(OC)c2sc(N(CCCN3CCOCC3)C(=O)c3cc(C)n(C(C)C)n3)nc12.Cl. The van der Waals surface area contributed by atoms with E-state index in [4.69, 9.17) is 19.2 Å². The van der Waals surface area contributed by atoms with E-state index in [2.05, 4.69) is 23.8 Å². The Bertz CT molecular complexity index is 1100. The molecule has 0 radical (unpaired) electrons. The van der Waals surface area contributed by atoms with E-state index in [1.807, 2.05) is 29.8 Å². The Kier molecular flexibility index (Phi) is 9.34. The Labute approximate surface area is 216 Å². The molecule has 0 bridgehead atoms. The van der Waals surface area contributed by atoms with Gasteiger partial charge in [-0.15, -0.1) is 12.4 Å². The van der Waals surface area contributed by atoms with E-state index >= 15 is 0 Å². The number of fused-ring (bicyclic) bond motifs is 1. The highest BCUT2D eigenvalue weighted by Gasteiger charge is 2.26. The Morgan fingerprint density at radius 1 is 1.20 bits per heavy atom. The van der Waals surface area contributed by atoms with Crippen molar-refractivity contribution < 1.29 is 19.0 Å².